The van der Waals surface area contributed by atoms with E-state index in [2.05, 4.69) is 26.1 Å². The van der Waals surface area contributed by atoms with Gasteiger partial charge in [-0.15, -0.1) is 12.4 Å². The van der Waals surface area contributed by atoms with Crippen LogP contribution < -0.4 is 5.32 Å². The Morgan fingerprint density at radius 1 is 1.24 bits per heavy atom. The predicted molar refractivity (Wildman–Crippen MR) is 87.7 cm³/mol. The minimum Gasteiger partial charge on any atom is -0.343 e. The topological polar surface area (TPSA) is 52.7 Å². The van der Waals surface area contributed by atoms with E-state index in [1.807, 2.05) is 9.80 Å². The maximum absolute atomic E-state index is 12.3. The first-order valence-electron chi connectivity index (χ1n) is 7.93. The Morgan fingerprint density at radius 2 is 1.86 bits per heavy atom. The molecule has 0 bridgehead atoms. The van der Waals surface area contributed by atoms with E-state index in [0.717, 1.165) is 52.0 Å². The van der Waals surface area contributed by atoms with Gasteiger partial charge in [-0.3, -0.25) is 9.59 Å². The Morgan fingerprint density at radius 3 is 2.38 bits per heavy atom. The summed E-state index contributed by atoms with van der Waals surface area (Å²) >= 11 is 0. The minimum absolute atomic E-state index is 0. The predicted octanol–water partition coefficient (Wildman–Crippen LogP) is 1.66. The van der Waals surface area contributed by atoms with Crippen LogP contribution in [0.5, 0.6) is 0 Å². The van der Waals surface area contributed by atoms with Gasteiger partial charge in [-0.1, -0.05) is 20.8 Å². The van der Waals surface area contributed by atoms with Crippen molar-refractivity contribution in [1.82, 2.24) is 15.1 Å². The molecular weight excluding hydrogens is 290 g/mol. The number of piperazine rings is 1. The summed E-state index contributed by atoms with van der Waals surface area (Å²) in [7, 11) is 0. The summed E-state index contributed by atoms with van der Waals surface area (Å²) in [4.78, 5) is 28.4. The molecule has 1 aliphatic heterocycles. The number of halogens is 1. The monoisotopic (exact) mass is 319 g/mol. The summed E-state index contributed by atoms with van der Waals surface area (Å²) < 4.78 is 0. The first kappa shape index (κ1) is 20.2. The Hall–Kier alpha value is -0.810. The second kappa shape index (κ2) is 10.9. The highest BCUT2D eigenvalue weighted by atomic mass is 35.5. The van der Waals surface area contributed by atoms with Gasteiger partial charge in [0.25, 0.3) is 0 Å². The highest BCUT2D eigenvalue weighted by Gasteiger charge is 2.30. The maximum atomic E-state index is 12.3. The van der Waals surface area contributed by atoms with Crippen LogP contribution in [-0.2, 0) is 9.59 Å². The normalized spacial score (nSPS) is 18.3. The lowest BCUT2D eigenvalue weighted by molar-refractivity contribution is -0.141. The van der Waals surface area contributed by atoms with Gasteiger partial charge in [0.2, 0.25) is 11.8 Å². The van der Waals surface area contributed by atoms with E-state index >= 15 is 0 Å². The molecule has 1 N–H and O–H groups in total. The summed E-state index contributed by atoms with van der Waals surface area (Å²) in [5, 5.41) is 3.19. The van der Waals surface area contributed by atoms with Gasteiger partial charge in [0.05, 0.1) is 12.5 Å². The largest absolute Gasteiger partial charge is 0.343 e. The van der Waals surface area contributed by atoms with Crippen LogP contribution in [0.2, 0.25) is 0 Å². The number of amides is 2. The van der Waals surface area contributed by atoms with Crippen LogP contribution in [0.1, 0.15) is 46.5 Å². The molecule has 2 amide bonds. The van der Waals surface area contributed by atoms with Crippen molar-refractivity contribution in [1.29, 1.82) is 0 Å². The molecule has 0 saturated carbocycles. The van der Waals surface area contributed by atoms with Crippen molar-refractivity contribution >= 4 is 24.2 Å². The minimum atomic E-state index is -0.334. The lowest BCUT2D eigenvalue weighted by Crippen LogP contribution is -2.56. The summed E-state index contributed by atoms with van der Waals surface area (Å²) in [6.07, 6.45) is 3.17. The molecule has 0 aromatic rings. The number of hydrogen-bond donors (Lipinski definition) is 1. The molecule has 6 heteroatoms. The molecule has 1 saturated heterocycles. The zero-order valence-electron chi connectivity index (χ0n) is 13.6. The second-order valence-electron chi connectivity index (χ2n) is 5.42. The van der Waals surface area contributed by atoms with E-state index in [-0.39, 0.29) is 30.3 Å². The fourth-order valence-electron chi connectivity index (χ4n) is 2.65. The maximum Gasteiger partial charge on any atom is 0.240 e. The standard InChI is InChI=1S/C15H29N3O2.ClH/c1-4-8-17(9-5-2)14(19)12-13-15(20)18(10-6-3)11-7-16-13;/h13,16H,4-12H2,1-3H3;1H. The molecule has 1 unspecified atom stereocenters. The molecule has 21 heavy (non-hydrogen) atoms. The van der Waals surface area contributed by atoms with Crippen LogP contribution in [-0.4, -0.2) is 60.4 Å². The number of hydrogen-bond acceptors (Lipinski definition) is 3. The highest BCUT2D eigenvalue weighted by Crippen LogP contribution is 2.09. The zero-order chi connectivity index (χ0) is 15.0. The smallest absolute Gasteiger partial charge is 0.240 e. The molecule has 1 heterocycles. The summed E-state index contributed by atoms with van der Waals surface area (Å²) in [6.45, 7) is 10.1. The fourth-order valence-corrected chi connectivity index (χ4v) is 2.65. The Kier molecular flexibility index (Phi) is 10.4. The van der Waals surface area contributed by atoms with Crippen molar-refractivity contribution in [2.45, 2.75) is 52.5 Å². The first-order valence-corrected chi connectivity index (χ1v) is 7.93. The van der Waals surface area contributed by atoms with Gasteiger partial charge < -0.3 is 15.1 Å². The van der Waals surface area contributed by atoms with E-state index in [1.165, 1.54) is 0 Å². The molecule has 1 fully saturated rings. The lowest BCUT2D eigenvalue weighted by Gasteiger charge is -2.33. The van der Waals surface area contributed by atoms with Crippen LogP contribution >= 0.6 is 12.4 Å². The van der Waals surface area contributed by atoms with Crippen LogP contribution in [0.25, 0.3) is 0 Å². The van der Waals surface area contributed by atoms with Crippen molar-refractivity contribution in [2.75, 3.05) is 32.7 Å². The quantitative estimate of drug-likeness (QED) is 0.740. The molecule has 1 aliphatic rings. The number of rotatable bonds is 8. The summed E-state index contributed by atoms with van der Waals surface area (Å²) in [5.41, 5.74) is 0. The Labute approximate surface area is 134 Å². The average molecular weight is 320 g/mol. The van der Waals surface area contributed by atoms with Crippen LogP contribution in [0.4, 0.5) is 0 Å². The number of nitrogens with zero attached hydrogens (tertiary/aromatic N) is 2. The highest BCUT2D eigenvalue weighted by molar-refractivity contribution is 5.89. The fraction of sp³-hybridized carbons (Fsp3) is 0.867. The zero-order valence-corrected chi connectivity index (χ0v) is 14.4. The number of carbonyl (C=O) groups is 2. The van der Waals surface area contributed by atoms with E-state index < -0.39 is 0 Å². The number of carbonyl (C=O) groups excluding carboxylic acids is 2. The third-order valence-electron chi connectivity index (χ3n) is 3.59. The average Bonchev–Trinajstić information content (AvgIpc) is 2.43. The molecule has 0 aliphatic carbocycles. The Bertz CT molecular complexity index is 318. The van der Waals surface area contributed by atoms with Gasteiger partial charge in [0.15, 0.2) is 0 Å². The second-order valence-corrected chi connectivity index (χ2v) is 5.42. The van der Waals surface area contributed by atoms with Gasteiger partial charge in [-0.05, 0) is 19.3 Å². The van der Waals surface area contributed by atoms with Gasteiger partial charge in [0.1, 0.15) is 0 Å². The van der Waals surface area contributed by atoms with E-state index in [9.17, 15) is 9.59 Å². The van der Waals surface area contributed by atoms with E-state index in [1.54, 1.807) is 0 Å². The molecule has 0 aromatic heterocycles. The van der Waals surface area contributed by atoms with Gasteiger partial charge >= 0.3 is 0 Å². The number of nitrogens with one attached hydrogen (secondary N) is 1. The summed E-state index contributed by atoms with van der Waals surface area (Å²) in [5.74, 6) is 0.178. The van der Waals surface area contributed by atoms with Crippen molar-refractivity contribution < 1.29 is 9.59 Å². The van der Waals surface area contributed by atoms with E-state index in [4.69, 9.17) is 0 Å². The van der Waals surface area contributed by atoms with Gasteiger partial charge in [-0.2, -0.15) is 0 Å². The lowest BCUT2D eigenvalue weighted by atomic mass is 10.1. The SMILES string of the molecule is CCCN(CCC)C(=O)CC1NCCN(CCC)C1=O.Cl. The molecule has 1 atom stereocenters. The molecule has 5 nitrogen and oxygen atoms in total. The van der Waals surface area contributed by atoms with Crippen LogP contribution in [0.3, 0.4) is 0 Å². The molecule has 124 valence electrons. The van der Waals surface area contributed by atoms with E-state index in [0.29, 0.717) is 6.42 Å². The van der Waals surface area contributed by atoms with Crippen molar-refractivity contribution in [3.05, 3.63) is 0 Å². The van der Waals surface area contributed by atoms with Gasteiger partial charge in [0, 0.05) is 32.7 Å². The molecular formula is C15H30ClN3O2. The molecule has 0 spiro atoms. The molecule has 1 rings (SSSR count). The molecule has 0 aromatic carbocycles. The third-order valence-corrected chi connectivity index (χ3v) is 3.59. The van der Waals surface area contributed by atoms with Crippen molar-refractivity contribution in [3.8, 4) is 0 Å². The summed E-state index contributed by atoms with van der Waals surface area (Å²) in [6, 6.07) is -0.334. The van der Waals surface area contributed by atoms with Crippen LogP contribution in [0.15, 0.2) is 0 Å². The third kappa shape index (κ3) is 6.22. The van der Waals surface area contributed by atoms with Crippen molar-refractivity contribution in [3.63, 3.8) is 0 Å². The van der Waals surface area contributed by atoms with Crippen molar-refractivity contribution in [2.24, 2.45) is 0 Å². The van der Waals surface area contributed by atoms with Gasteiger partial charge in [-0.25, -0.2) is 0 Å². The molecule has 0 radical (unpaired) electrons. The first-order chi connectivity index (χ1) is 9.63. The van der Waals surface area contributed by atoms with Crippen LogP contribution in [0, 0.1) is 0 Å². The Balaban J connectivity index is 0.00000400.